The summed E-state index contributed by atoms with van der Waals surface area (Å²) in [5.41, 5.74) is 5.70. The van der Waals surface area contributed by atoms with Gasteiger partial charge in [0.1, 0.15) is 0 Å². The Morgan fingerprint density at radius 3 is 2.33 bits per heavy atom. The highest BCUT2D eigenvalue weighted by molar-refractivity contribution is 4.94. The van der Waals surface area contributed by atoms with Crippen molar-refractivity contribution in [3.8, 4) is 0 Å². The van der Waals surface area contributed by atoms with Crippen LogP contribution in [0.4, 0.5) is 0 Å². The molecule has 0 rings (SSSR count). The summed E-state index contributed by atoms with van der Waals surface area (Å²) < 4.78 is 0. The molecule has 0 aromatic heterocycles. The van der Waals surface area contributed by atoms with Gasteiger partial charge in [-0.1, -0.05) is 6.58 Å². The third-order valence-corrected chi connectivity index (χ3v) is 0.512. The number of nitrogens with two attached hydrogens (primary N) is 1. The maximum Gasteiger partial charge on any atom is 0.0651 e. The van der Waals surface area contributed by atoms with E-state index in [0.717, 1.165) is 0 Å². The van der Waals surface area contributed by atoms with Crippen molar-refractivity contribution in [2.45, 2.75) is 0 Å². The average Bonchev–Trinajstić information content (AvgIpc) is 1.65. The first-order valence-electron chi connectivity index (χ1n) is 1.79. The molecule has 0 saturated heterocycles. The van der Waals surface area contributed by atoms with Gasteiger partial charge >= 0.3 is 0 Å². The highest BCUT2D eigenvalue weighted by Crippen LogP contribution is 1.77. The molecule has 0 aromatic carbocycles. The second-order valence-electron chi connectivity index (χ2n) is 1.11. The maximum absolute atomic E-state index is 8.16. The van der Waals surface area contributed by atoms with Crippen LogP contribution in [-0.2, 0) is 0 Å². The summed E-state index contributed by atoms with van der Waals surface area (Å²) in [6.07, 6.45) is 0. The highest BCUT2D eigenvalue weighted by Gasteiger charge is 1.79. The Hall–Kier alpha value is -0.340. The number of hydrogen-bond donors (Lipinski definition) is 2. The van der Waals surface area contributed by atoms with Gasteiger partial charge in [-0.15, -0.1) is 0 Å². The Bertz CT molecular complexity index is 45.5. The molecule has 2 nitrogen and oxygen atoms in total. The van der Waals surface area contributed by atoms with Gasteiger partial charge in [-0.25, -0.2) is 0 Å². The Morgan fingerprint density at radius 2 is 2.33 bits per heavy atom. The van der Waals surface area contributed by atoms with E-state index >= 15 is 0 Å². The van der Waals surface area contributed by atoms with Crippen LogP contribution in [0.2, 0.25) is 0 Å². The number of hydrogen-bond acceptors (Lipinski definition) is 2. The van der Waals surface area contributed by atoms with E-state index < -0.39 is 0 Å². The van der Waals surface area contributed by atoms with Gasteiger partial charge in [0.2, 0.25) is 0 Å². The molecule has 0 unspecified atom stereocenters. The molecule has 6 heavy (non-hydrogen) atoms. The molecule has 0 amide bonds. The second kappa shape index (κ2) is 2.87. The van der Waals surface area contributed by atoms with Gasteiger partial charge in [0, 0.05) is 6.54 Å². The molecule has 3 N–H and O–H groups in total. The van der Waals surface area contributed by atoms with Crippen molar-refractivity contribution in [3.05, 3.63) is 12.2 Å². The Kier molecular flexibility index (Phi) is 2.71. The molecule has 0 atom stereocenters. The Labute approximate surface area is 37.3 Å². The van der Waals surface area contributed by atoms with E-state index in [2.05, 4.69) is 6.58 Å². The predicted octanol–water partition coefficient (Wildman–Crippen LogP) is -0.506. The molecule has 0 aliphatic carbocycles. The lowest BCUT2D eigenvalue weighted by atomic mass is 10.3. The molecular weight excluding hydrogens is 78.0 g/mol. The fourth-order valence-corrected chi connectivity index (χ4v) is 0.0645. The van der Waals surface area contributed by atoms with Crippen LogP contribution in [0.15, 0.2) is 12.2 Å². The minimum absolute atomic E-state index is 0.0104. The van der Waals surface area contributed by atoms with Crippen molar-refractivity contribution in [2.24, 2.45) is 5.73 Å². The number of aliphatic hydroxyl groups is 1. The first kappa shape index (κ1) is 5.66. The lowest BCUT2D eigenvalue weighted by Gasteiger charge is -1.89. The van der Waals surface area contributed by atoms with Crippen molar-refractivity contribution in [1.82, 2.24) is 0 Å². The lowest BCUT2D eigenvalue weighted by Crippen LogP contribution is -2.04. The third kappa shape index (κ3) is 1.93. The zero-order valence-corrected chi connectivity index (χ0v) is 3.65. The smallest absolute Gasteiger partial charge is 0.0651 e. The van der Waals surface area contributed by atoms with Crippen LogP contribution >= 0.6 is 0 Å². The van der Waals surface area contributed by atoms with E-state index in [1.165, 1.54) is 0 Å². The van der Waals surface area contributed by atoms with Crippen LogP contribution in [0.3, 0.4) is 0 Å². The first-order valence-corrected chi connectivity index (χ1v) is 1.79. The van der Waals surface area contributed by atoms with Gasteiger partial charge < -0.3 is 10.8 Å². The summed E-state index contributed by atoms with van der Waals surface area (Å²) in [5.74, 6) is 0. The van der Waals surface area contributed by atoms with Crippen molar-refractivity contribution in [2.75, 3.05) is 13.2 Å². The van der Waals surface area contributed by atoms with Crippen LogP contribution in [-0.4, -0.2) is 18.3 Å². The van der Waals surface area contributed by atoms with Crippen LogP contribution in [0.5, 0.6) is 0 Å². The molecule has 2 heteroatoms. The van der Waals surface area contributed by atoms with Crippen molar-refractivity contribution >= 4 is 0 Å². The monoisotopic (exact) mass is 87.1 g/mol. The SMILES string of the molecule is C=C(CN)CO. The lowest BCUT2D eigenvalue weighted by molar-refractivity contribution is 0.330. The standard InChI is InChI=1S/C4H9NO/c1-4(2-5)3-6/h6H,1-3,5H2. The van der Waals surface area contributed by atoms with Gasteiger partial charge in [-0.3, -0.25) is 0 Å². The molecule has 0 aliphatic rings. The summed E-state index contributed by atoms with van der Waals surface area (Å²) in [4.78, 5) is 0. The van der Waals surface area contributed by atoms with Crippen molar-refractivity contribution in [1.29, 1.82) is 0 Å². The Morgan fingerprint density at radius 1 is 1.83 bits per heavy atom. The minimum Gasteiger partial charge on any atom is -0.392 e. The van der Waals surface area contributed by atoms with Crippen LogP contribution in [0.25, 0.3) is 0 Å². The van der Waals surface area contributed by atoms with Gasteiger partial charge in [0.15, 0.2) is 0 Å². The van der Waals surface area contributed by atoms with E-state index in [1.54, 1.807) is 0 Å². The molecule has 0 aromatic rings. The summed E-state index contributed by atoms with van der Waals surface area (Å²) in [7, 11) is 0. The third-order valence-electron chi connectivity index (χ3n) is 0.512. The van der Waals surface area contributed by atoms with Crippen LogP contribution in [0.1, 0.15) is 0 Å². The molecular formula is C4H9NO. The maximum atomic E-state index is 8.16. The fraction of sp³-hybridized carbons (Fsp3) is 0.500. The molecule has 0 bridgehead atoms. The minimum atomic E-state index is 0.0104. The van der Waals surface area contributed by atoms with Gasteiger partial charge in [0.25, 0.3) is 0 Å². The van der Waals surface area contributed by atoms with E-state index in [1.807, 2.05) is 0 Å². The fourth-order valence-electron chi connectivity index (χ4n) is 0.0645. The van der Waals surface area contributed by atoms with Gasteiger partial charge in [-0.2, -0.15) is 0 Å². The van der Waals surface area contributed by atoms with Gasteiger partial charge in [-0.05, 0) is 5.57 Å². The van der Waals surface area contributed by atoms with Crippen LogP contribution < -0.4 is 5.73 Å². The predicted molar refractivity (Wildman–Crippen MR) is 25.3 cm³/mol. The number of rotatable bonds is 2. The van der Waals surface area contributed by atoms with Crippen molar-refractivity contribution in [3.63, 3.8) is 0 Å². The van der Waals surface area contributed by atoms with E-state index in [-0.39, 0.29) is 6.61 Å². The number of aliphatic hydroxyl groups excluding tert-OH is 1. The normalized spacial score (nSPS) is 8.33. The second-order valence-corrected chi connectivity index (χ2v) is 1.11. The van der Waals surface area contributed by atoms with Gasteiger partial charge in [0.05, 0.1) is 6.61 Å². The summed E-state index contributed by atoms with van der Waals surface area (Å²) in [6.45, 7) is 3.81. The molecule has 0 fully saturated rings. The molecule has 0 radical (unpaired) electrons. The summed E-state index contributed by atoms with van der Waals surface area (Å²) >= 11 is 0. The molecule has 0 heterocycles. The molecule has 0 spiro atoms. The quantitative estimate of drug-likeness (QED) is 0.446. The average molecular weight is 87.1 g/mol. The molecule has 36 valence electrons. The largest absolute Gasteiger partial charge is 0.392 e. The summed E-state index contributed by atoms with van der Waals surface area (Å²) in [6, 6.07) is 0. The zero-order valence-electron chi connectivity index (χ0n) is 3.65. The Balaban J connectivity index is 2.99. The van der Waals surface area contributed by atoms with E-state index in [0.29, 0.717) is 12.1 Å². The molecule has 0 saturated carbocycles. The van der Waals surface area contributed by atoms with E-state index in [9.17, 15) is 0 Å². The molecule has 0 aliphatic heterocycles. The first-order chi connectivity index (χ1) is 2.81. The highest BCUT2D eigenvalue weighted by atomic mass is 16.3. The van der Waals surface area contributed by atoms with Crippen molar-refractivity contribution < 1.29 is 5.11 Å². The topological polar surface area (TPSA) is 46.2 Å². The van der Waals surface area contributed by atoms with Crippen LogP contribution in [0, 0.1) is 0 Å². The zero-order chi connectivity index (χ0) is 4.99. The van der Waals surface area contributed by atoms with E-state index in [4.69, 9.17) is 10.8 Å². The summed E-state index contributed by atoms with van der Waals surface area (Å²) in [5, 5.41) is 8.16.